The molecule has 0 saturated carbocycles. The van der Waals surface area contributed by atoms with Crippen molar-refractivity contribution in [3.05, 3.63) is 40.7 Å². The van der Waals surface area contributed by atoms with Crippen LogP contribution in [0.2, 0.25) is 0 Å². The number of aromatic nitrogens is 1. The molecule has 1 unspecified atom stereocenters. The van der Waals surface area contributed by atoms with E-state index in [1.807, 2.05) is 6.92 Å². The molecule has 0 radical (unpaired) electrons. The van der Waals surface area contributed by atoms with E-state index in [1.165, 1.54) is 12.3 Å². The minimum Gasteiger partial charge on any atom is -0.388 e. The van der Waals surface area contributed by atoms with Gasteiger partial charge < -0.3 is 10.0 Å². The molecule has 6 nitrogen and oxygen atoms in total. The first kappa shape index (κ1) is 12.8. The van der Waals surface area contributed by atoms with Gasteiger partial charge in [0.1, 0.15) is 0 Å². The number of hydrogen-bond donors (Lipinski definition) is 1. The van der Waals surface area contributed by atoms with Crippen molar-refractivity contribution in [1.82, 2.24) is 4.98 Å². The third-order valence-electron chi connectivity index (χ3n) is 3.76. The fraction of sp³-hybridized carbons (Fsp3) is 0.357. The normalized spacial score (nSPS) is 22.4. The molecule has 20 heavy (non-hydrogen) atoms. The van der Waals surface area contributed by atoms with E-state index >= 15 is 0 Å². The van der Waals surface area contributed by atoms with Crippen molar-refractivity contribution < 1.29 is 10.0 Å². The second-order valence-electron chi connectivity index (χ2n) is 5.45. The molecule has 1 saturated heterocycles. The largest absolute Gasteiger partial charge is 0.388 e. The minimum absolute atomic E-state index is 0.0582. The molecule has 0 aliphatic carbocycles. The fourth-order valence-electron chi connectivity index (χ4n) is 2.75. The number of non-ortho nitro benzene ring substituents is 1. The highest BCUT2D eigenvalue weighted by Gasteiger charge is 2.32. The van der Waals surface area contributed by atoms with Crippen LogP contribution in [0.15, 0.2) is 30.6 Å². The first-order chi connectivity index (χ1) is 9.48. The molecule has 3 rings (SSSR count). The number of aliphatic hydroxyl groups is 1. The van der Waals surface area contributed by atoms with Gasteiger partial charge in [0.2, 0.25) is 0 Å². The average molecular weight is 273 g/mol. The summed E-state index contributed by atoms with van der Waals surface area (Å²) in [5.41, 5.74) is 0.259. The molecular formula is C14H15N3O3. The first-order valence-corrected chi connectivity index (χ1v) is 6.46. The van der Waals surface area contributed by atoms with E-state index in [0.29, 0.717) is 18.4 Å². The first-order valence-electron chi connectivity index (χ1n) is 6.46. The summed E-state index contributed by atoms with van der Waals surface area (Å²) in [5, 5.41) is 22.5. The SMILES string of the molecule is CC1(O)CCN(c2ccc([N+](=O)[O-])c3cnccc23)C1. The lowest BCUT2D eigenvalue weighted by Gasteiger charge is -2.22. The highest BCUT2D eigenvalue weighted by atomic mass is 16.6. The zero-order valence-corrected chi connectivity index (χ0v) is 11.1. The van der Waals surface area contributed by atoms with Crippen molar-refractivity contribution in [1.29, 1.82) is 0 Å². The standard InChI is InChI=1S/C14H15N3O3/c1-14(18)5-7-16(9-14)12-2-3-13(17(19)20)11-8-15-6-4-10(11)12/h2-4,6,8,18H,5,7,9H2,1H3. The van der Waals surface area contributed by atoms with Crippen LogP contribution in [-0.4, -0.2) is 33.7 Å². The van der Waals surface area contributed by atoms with Gasteiger partial charge in [0.05, 0.1) is 15.9 Å². The molecule has 2 aromatic rings. The summed E-state index contributed by atoms with van der Waals surface area (Å²) in [6.45, 7) is 3.08. The van der Waals surface area contributed by atoms with Gasteiger partial charge in [-0.3, -0.25) is 15.1 Å². The van der Waals surface area contributed by atoms with E-state index in [9.17, 15) is 15.2 Å². The van der Waals surface area contributed by atoms with Crippen molar-refractivity contribution in [2.45, 2.75) is 18.9 Å². The van der Waals surface area contributed by atoms with Gasteiger partial charge in [-0.1, -0.05) is 0 Å². The Hall–Kier alpha value is -2.21. The number of nitro benzene ring substituents is 1. The van der Waals surface area contributed by atoms with Crippen LogP contribution in [0, 0.1) is 10.1 Å². The highest BCUT2D eigenvalue weighted by molar-refractivity contribution is 5.99. The van der Waals surface area contributed by atoms with Crippen LogP contribution < -0.4 is 4.90 Å². The molecule has 0 spiro atoms. The molecular weight excluding hydrogens is 258 g/mol. The summed E-state index contributed by atoms with van der Waals surface area (Å²) in [5.74, 6) is 0. The molecule has 1 aromatic heterocycles. The van der Waals surface area contributed by atoms with Crippen molar-refractivity contribution in [2.75, 3.05) is 18.0 Å². The van der Waals surface area contributed by atoms with Gasteiger partial charge in [-0.25, -0.2) is 0 Å². The highest BCUT2D eigenvalue weighted by Crippen LogP contribution is 2.35. The molecule has 104 valence electrons. The third-order valence-corrected chi connectivity index (χ3v) is 3.76. The Labute approximate surface area is 115 Å². The predicted octanol–water partition coefficient (Wildman–Crippen LogP) is 2.10. The van der Waals surface area contributed by atoms with Gasteiger partial charge in [0.25, 0.3) is 5.69 Å². The Balaban J connectivity index is 2.14. The summed E-state index contributed by atoms with van der Waals surface area (Å²) in [7, 11) is 0. The van der Waals surface area contributed by atoms with Crippen molar-refractivity contribution in [2.24, 2.45) is 0 Å². The fourth-order valence-corrected chi connectivity index (χ4v) is 2.75. The molecule has 0 bridgehead atoms. The van der Waals surface area contributed by atoms with Crippen molar-refractivity contribution in [3.8, 4) is 0 Å². The number of nitrogens with zero attached hydrogens (tertiary/aromatic N) is 3. The lowest BCUT2D eigenvalue weighted by Crippen LogP contribution is -2.29. The van der Waals surface area contributed by atoms with Crippen molar-refractivity contribution >= 4 is 22.1 Å². The number of benzene rings is 1. The minimum atomic E-state index is -0.707. The second-order valence-corrected chi connectivity index (χ2v) is 5.45. The molecule has 1 fully saturated rings. The predicted molar refractivity (Wildman–Crippen MR) is 75.9 cm³/mol. The van der Waals surface area contributed by atoms with E-state index in [2.05, 4.69) is 9.88 Å². The Bertz CT molecular complexity index is 684. The molecule has 6 heteroatoms. The summed E-state index contributed by atoms with van der Waals surface area (Å²) in [6, 6.07) is 5.04. The quantitative estimate of drug-likeness (QED) is 0.669. The maximum Gasteiger partial charge on any atom is 0.278 e. The van der Waals surface area contributed by atoms with E-state index < -0.39 is 10.5 Å². The lowest BCUT2D eigenvalue weighted by atomic mass is 10.1. The van der Waals surface area contributed by atoms with Crippen molar-refractivity contribution in [3.63, 3.8) is 0 Å². The lowest BCUT2D eigenvalue weighted by molar-refractivity contribution is -0.383. The summed E-state index contributed by atoms with van der Waals surface area (Å²) >= 11 is 0. The zero-order chi connectivity index (χ0) is 14.3. The van der Waals surface area contributed by atoms with Crippen LogP contribution in [0.25, 0.3) is 10.8 Å². The zero-order valence-electron chi connectivity index (χ0n) is 11.1. The van der Waals surface area contributed by atoms with Crippen LogP contribution in [0.3, 0.4) is 0 Å². The van der Waals surface area contributed by atoms with Crippen LogP contribution in [0.4, 0.5) is 11.4 Å². The van der Waals surface area contributed by atoms with Gasteiger partial charge in [0, 0.05) is 42.6 Å². The number of nitro groups is 1. The molecule has 2 heterocycles. The average Bonchev–Trinajstić information content (AvgIpc) is 2.77. The summed E-state index contributed by atoms with van der Waals surface area (Å²) < 4.78 is 0. The molecule has 1 aliphatic heterocycles. The summed E-state index contributed by atoms with van der Waals surface area (Å²) in [6.07, 6.45) is 3.84. The molecule has 1 aromatic carbocycles. The van der Waals surface area contributed by atoms with E-state index in [4.69, 9.17) is 0 Å². The Kier molecular flexibility index (Phi) is 2.83. The number of fused-ring (bicyclic) bond motifs is 1. The van der Waals surface area contributed by atoms with Gasteiger partial charge in [0.15, 0.2) is 0 Å². The molecule has 0 amide bonds. The summed E-state index contributed by atoms with van der Waals surface area (Å²) in [4.78, 5) is 16.7. The Morgan fingerprint density at radius 1 is 1.40 bits per heavy atom. The molecule has 1 atom stereocenters. The van der Waals surface area contributed by atoms with Crippen LogP contribution >= 0.6 is 0 Å². The maximum atomic E-state index is 11.1. The Morgan fingerprint density at radius 2 is 2.20 bits per heavy atom. The number of anilines is 1. The van der Waals surface area contributed by atoms with Crippen LogP contribution in [-0.2, 0) is 0 Å². The second kappa shape index (κ2) is 4.42. The van der Waals surface area contributed by atoms with Gasteiger partial charge >= 0.3 is 0 Å². The number of pyridine rings is 1. The Morgan fingerprint density at radius 3 is 2.85 bits per heavy atom. The monoisotopic (exact) mass is 273 g/mol. The maximum absolute atomic E-state index is 11.1. The van der Waals surface area contributed by atoms with Crippen LogP contribution in [0.5, 0.6) is 0 Å². The van der Waals surface area contributed by atoms with Gasteiger partial charge in [-0.05, 0) is 25.5 Å². The van der Waals surface area contributed by atoms with Crippen LogP contribution in [0.1, 0.15) is 13.3 Å². The van der Waals surface area contributed by atoms with Gasteiger partial charge in [-0.15, -0.1) is 0 Å². The number of rotatable bonds is 2. The molecule has 1 aliphatic rings. The number of hydrogen-bond acceptors (Lipinski definition) is 5. The number of β-amino-alcohol motifs (C(OH)–C–C–N with tert-alkyl or cyclic N) is 1. The van der Waals surface area contributed by atoms with Gasteiger partial charge in [-0.2, -0.15) is 0 Å². The third kappa shape index (κ3) is 2.08. The van der Waals surface area contributed by atoms with E-state index in [1.54, 1.807) is 18.3 Å². The topological polar surface area (TPSA) is 79.5 Å². The van der Waals surface area contributed by atoms with E-state index in [-0.39, 0.29) is 5.69 Å². The van der Waals surface area contributed by atoms with E-state index in [0.717, 1.165) is 17.6 Å². The molecule has 1 N–H and O–H groups in total. The smallest absolute Gasteiger partial charge is 0.278 e.